The van der Waals surface area contributed by atoms with Crippen LogP contribution in [-0.2, 0) is 0 Å². The van der Waals surface area contributed by atoms with Gasteiger partial charge in [-0.15, -0.1) is 0 Å². The second-order valence-electron chi connectivity index (χ2n) is 4.61. The monoisotopic (exact) mass is 213 g/mol. The van der Waals surface area contributed by atoms with Gasteiger partial charge in [-0.25, -0.2) is 0 Å². The lowest BCUT2D eigenvalue weighted by atomic mass is 10.0. The van der Waals surface area contributed by atoms with Crippen LogP contribution in [-0.4, -0.2) is 11.8 Å². The molecule has 0 aromatic carbocycles. The van der Waals surface area contributed by atoms with Crippen LogP contribution in [0.4, 0.5) is 0 Å². The average Bonchev–Trinajstić information content (AvgIpc) is 2.15. The molecule has 0 aromatic heterocycles. The Balaban J connectivity index is 2.02. The molecule has 1 rings (SSSR count). The summed E-state index contributed by atoms with van der Waals surface area (Å²) in [6.45, 7) is 2.30. The molecule has 1 fully saturated rings. The summed E-state index contributed by atoms with van der Waals surface area (Å²) in [7, 11) is 1.77. The van der Waals surface area contributed by atoms with E-state index in [0.29, 0.717) is 0 Å². The highest BCUT2D eigenvalue weighted by Crippen LogP contribution is 2.31. The molecule has 1 heteroatoms. The van der Waals surface area contributed by atoms with Gasteiger partial charge in [0.25, 0.3) is 0 Å². The Morgan fingerprint density at radius 2 is 1.57 bits per heavy atom. The van der Waals surface area contributed by atoms with Crippen molar-refractivity contribution in [1.82, 2.24) is 0 Å². The smallest absolute Gasteiger partial charge is 0.0170 e. The van der Waals surface area contributed by atoms with Crippen molar-refractivity contribution >= 4 is 8.58 Å². The summed E-state index contributed by atoms with van der Waals surface area (Å²) in [6.07, 6.45) is 16.3. The quantitative estimate of drug-likeness (QED) is 0.433. The van der Waals surface area contributed by atoms with E-state index in [1.165, 1.54) is 70.4 Å². The number of hydrogen-bond acceptors (Lipinski definition) is 0. The van der Waals surface area contributed by atoms with Crippen LogP contribution >= 0.6 is 8.58 Å². The van der Waals surface area contributed by atoms with Gasteiger partial charge in [-0.3, -0.25) is 0 Å². The minimum absolute atomic E-state index is 1.06. The predicted molar refractivity (Wildman–Crippen MR) is 67.4 cm³/mol. The summed E-state index contributed by atoms with van der Waals surface area (Å²) < 4.78 is 0. The van der Waals surface area contributed by atoms with Crippen LogP contribution < -0.4 is 0 Å². The molecule has 0 nitrogen and oxygen atoms in total. The topological polar surface area (TPSA) is 0 Å². The van der Waals surface area contributed by atoms with Gasteiger partial charge < -0.3 is 0 Å². The summed E-state index contributed by atoms with van der Waals surface area (Å²) in [5, 5.41) is 0. The van der Waals surface area contributed by atoms with E-state index in [4.69, 9.17) is 0 Å². The molecule has 0 unspecified atom stereocenters. The van der Waals surface area contributed by atoms with Crippen molar-refractivity contribution in [3.8, 4) is 0 Å². The largest absolute Gasteiger partial charge is 0.0775 e. The van der Waals surface area contributed by atoms with E-state index in [-0.39, 0.29) is 0 Å². The van der Waals surface area contributed by atoms with Gasteiger partial charge in [0.1, 0.15) is 0 Å². The molecule has 0 spiro atoms. The van der Waals surface area contributed by atoms with E-state index in [0.717, 1.165) is 5.66 Å². The lowest BCUT2D eigenvalue weighted by molar-refractivity contribution is 0.510. The molecule has 0 amide bonds. The Bertz CT molecular complexity index is 114. The van der Waals surface area contributed by atoms with Crippen LogP contribution in [0.5, 0.6) is 0 Å². The number of hydrogen-bond donors (Lipinski definition) is 0. The average molecular weight is 213 g/mol. The maximum atomic E-state index is 2.30. The van der Waals surface area contributed by atoms with Crippen molar-refractivity contribution in [3.05, 3.63) is 0 Å². The Labute approximate surface area is 92.0 Å². The van der Waals surface area contributed by atoms with Crippen molar-refractivity contribution in [2.45, 2.75) is 76.8 Å². The number of unbranched alkanes of at least 4 members (excludes halogenated alkanes) is 2. The van der Waals surface area contributed by atoms with Crippen LogP contribution in [0, 0.1) is 0 Å². The molecule has 0 heterocycles. The fourth-order valence-electron chi connectivity index (χ4n) is 2.25. The first-order valence-electron chi connectivity index (χ1n) is 6.60. The van der Waals surface area contributed by atoms with Gasteiger partial charge in [0, 0.05) is 0 Å². The Kier molecular flexibility index (Phi) is 7.78. The summed E-state index contributed by atoms with van der Waals surface area (Å²) in [6, 6.07) is 0. The summed E-state index contributed by atoms with van der Waals surface area (Å²) >= 11 is 0. The molecule has 0 atom stereocenters. The van der Waals surface area contributed by atoms with E-state index in [2.05, 4.69) is 6.92 Å². The molecule has 14 heavy (non-hydrogen) atoms. The molecule has 0 aliphatic heterocycles. The fraction of sp³-hybridized carbons (Fsp3) is 1.00. The van der Waals surface area contributed by atoms with Crippen LogP contribution in [0.3, 0.4) is 0 Å². The van der Waals surface area contributed by atoms with Gasteiger partial charge in [0.15, 0.2) is 0 Å². The fourth-order valence-corrected chi connectivity index (χ4v) is 3.75. The minimum Gasteiger partial charge on any atom is -0.0775 e. The summed E-state index contributed by atoms with van der Waals surface area (Å²) in [4.78, 5) is 0. The lowest BCUT2D eigenvalue weighted by Crippen LogP contribution is -2.04. The third-order valence-corrected chi connectivity index (χ3v) is 4.83. The highest BCUT2D eigenvalue weighted by molar-refractivity contribution is 7.38. The van der Waals surface area contributed by atoms with Crippen molar-refractivity contribution in [3.63, 3.8) is 0 Å². The Morgan fingerprint density at radius 3 is 2.21 bits per heavy atom. The summed E-state index contributed by atoms with van der Waals surface area (Å²) in [5.41, 5.74) is 1.06. The molecule has 1 radical (unpaired) electrons. The van der Waals surface area contributed by atoms with Gasteiger partial charge >= 0.3 is 0 Å². The first-order chi connectivity index (χ1) is 6.93. The molecule has 0 saturated heterocycles. The van der Waals surface area contributed by atoms with Crippen molar-refractivity contribution in [1.29, 1.82) is 0 Å². The third-order valence-electron chi connectivity index (χ3n) is 3.22. The van der Waals surface area contributed by atoms with E-state index in [1.807, 2.05) is 0 Å². The standard InChI is InChI=1S/C13H26P/c1-2-3-9-12-14-13-10-7-5-4-6-8-11-13/h13H,2-12H2,1H3. The third kappa shape index (κ3) is 6.02. The SMILES string of the molecule is CCCCC[P]C1CCCCCCC1. The molecular formula is C13H26P. The molecule has 1 saturated carbocycles. The van der Waals surface area contributed by atoms with Gasteiger partial charge in [0.05, 0.1) is 0 Å². The van der Waals surface area contributed by atoms with Crippen LogP contribution in [0.2, 0.25) is 0 Å². The van der Waals surface area contributed by atoms with Gasteiger partial charge in [0.2, 0.25) is 0 Å². The van der Waals surface area contributed by atoms with E-state index < -0.39 is 0 Å². The van der Waals surface area contributed by atoms with Gasteiger partial charge in [-0.2, -0.15) is 0 Å². The zero-order chi connectivity index (χ0) is 10.1. The summed E-state index contributed by atoms with van der Waals surface area (Å²) in [5.74, 6) is 0. The highest BCUT2D eigenvalue weighted by Gasteiger charge is 2.10. The minimum atomic E-state index is 1.06. The van der Waals surface area contributed by atoms with Gasteiger partial charge in [-0.05, 0) is 31.1 Å². The van der Waals surface area contributed by atoms with Crippen LogP contribution in [0.25, 0.3) is 0 Å². The zero-order valence-corrected chi connectivity index (χ0v) is 10.7. The van der Waals surface area contributed by atoms with E-state index >= 15 is 0 Å². The molecule has 83 valence electrons. The van der Waals surface area contributed by atoms with E-state index in [1.54, 1.807) is 8.58 Å². The molecular weight excluding hydrogens is 187 g/mol. The molecule has 0 bridgehead atoms. The van der Waals surface area contributed by atoms with Crippen molar-refractivity contribution in [2.75, 3.05) is 6.16 Å². The van der Waals surface area contributed by atoms with Crippen LogP contribution in [0.1, 0.15) is 71.1 Å². The van der Waals surface area contributed by atoms with Crippen molar-refractivity contribution in [2.24, 2.45) is 0 Å². The lowest BCUT2D eigenvalue weighted by Gasteiger charge is -2.18. The maximum Gasteiger partial charge on any atom is -0.0170 e. The van der Waals surface area contributed by atoms with E-state index in [9.17, 15) is 0 Å². The first-order valence-corrected chi connectivity index (χ1v) is 7.75. The van der Waals surface area contributed by atoms with Gasteiger partial charge in [-0.1, -0.05) is 60.5 Å². The molecule has 0 N–H and O–H groups in total. The molecule has 0 aromatic rings. The second-order valence-corrected chi connectivity index (χ2v) is 6.15. The highest BCUT2D eigenvalue weighted by atomic mass is 31.1. The number of rotatable bonds is 5. The molecule has 1 aliphatic carbocycles. The molecule has 1 aliphatic rings. The van der Waals surface area contributed by atoms with Crippen LogP contribution in [0.15, 0.2) is 0 Å². The Morgan fingerprint density at radius 1 is 0.929 bits per heavy atom. The normalized spacial score (nSPS) is 21.2. The second kappa shape index (κ2) is 8.72. The maximum absolute atomic E-state index is 2.30. The first kappa shape index (κ1) is 12.5. The zero-order valence-electron chi connectivity index (χ0n) is 9.80. The Hall–Kier alpha value is 0.430. The van der Waals surface area contributed by atoms with Crippen molar-refractivity contribution < 1.29 is 0 Å². The predicted octanol–water partition coefficient (Wildman–Crippen LogP) is 5.24.